The summed E-state index contributed by atoms with van der Waals surface area (Å²) in [4.78, 5) is 4.66. The maximum absolute atomic E-state index is 7.09. The second kappa shape index (κ2) is 2.21. The molecule has 0 aromatic heterocycles. The second-order valence-electron chi connectivity index (χ2n) is 1.55. The number of rotatable bonds is 1. The molecule has 1 saturated heterocycles. The van der Waals surface area contributed by atoms with Gasteiger partial charge in [0.1, 0.15) is 6.61 Å². The molecule has 0 saturated carbocycles. The Labute approximate surface area is 47.2 Å². The van der Waals surface area contributed by atoms with Crippen molar-refractivity contribution in [2.75, 3.05) is 13.7 Å². The van der Waals surface area contributed by atoms with Crippen LogP contribution in [0.2, 0.25) is 0 Å². The maximum Gasteiger partial charge on any atom is 0.170 e. The van der Waals surface area contributed by atoms with E-state index < -0.39 is 0 Å². The minimum atomic E-state index is -0.324. The molecule has 46 valence electrons. The fourth-order valence-electron chi connectivity index (χ4n) is 0.532. The fourth-order valence-corrected chi connectivity index (χ4v) is 0.532. The SMILES string of the molecule is COC1NOCC1=N. The molecular formula is C4H8N2O2. The van der Waals surface area contributed by atoms with Crippen molar-refractivity contribution in [1.82, 2.24) is 5.48 Å². The standard InChI is InChI=1S/C4H8N2O2/c1-7-4-3(5)2-8-6-4/h4-6H,2H2,1H3. The Bertz CT molecular complexity index is 104. The largest absolute Gasteiger partial charge is 0.359 e. The molecule has 1 aliphatic rings. The third-order valence-electron chi connectivity index (χ3n) is 0.970. The highest BCUT2D eigenvalue weighted by Crippen LogP contribution is 1.95. The molecule has 0 aliphatic carbocycles. The van der Waals surface area contributed by atoms with Gasteiger partial charge < -0.3 is 10.1 Å². The van der Waals surface area contributed by atoms with Crippen LogP contribution in [0.4, 0.5) is 0 Å². The monoisotopic (exact) mass is 116 g/mol. The Morgan fingerprint density at radius 1 is 2.00 bits per heavy atom. The van der Waals surface area contributed by atoms with E-state index in [0.717, 1.165) is 0 Å². The van der Waals surface area contributed by atoms with Gasteiger partial charge in [0.2, 0.25) is 0 Å². The lowest BCUT2D eigenvalue weighted by Crippen LogP contribution is -2.27. The summed E-state index contributed by atoms with van der Waals surface area (Å²) in [5.74, 6) is 0. The Hall–Kier alpha value is -0.450. The summed E-state index contributed by atoms with van der Waals surface area (Å²) in [6.45, 7) is 0.332. The first kappa shape index (κ1) is 5.68. The van der Waals surface area contributed by atoms with E-state index in [1.807, 2.05) is 0 Å². The van der Waals surface area contributed by atoms with Crippen molar-refractivity contribution in [3.8, 4) is 0 Å². The van der Waals surface area contributed by atoms with Gasteiger partial charge in [0.05, 0.1) is 5.71 Å². The van der Waals surface area contributed by atoms with Crippen LogP contribution in [0, 0.1) is 5.41 Å². The quantitative estimate of drug-likeness (QED) is 0.486. The molecule has 1 rings (SSSR count). The lowest BCUT2D eigenvalue weighted by atomic mass is 10.4. The molecule has 1 fully saturated rings. The topological polar surface area (TPSA) is 54.3 Å². The molecule has 0 aromatic rings. The van der Waals surface area contributed by atoms with E-state index >= 15 is 0 Å². The second-order valence-corrected chi connectivity index (χ2v) is 1.55. The summed E-state index contributed by atoms with van der Waals surface area (Å²) in [6.07, 6.45) is -0.324. The summed E-state index contributed by atoms with van der Waals surface area (Å²) in [7, 11) is 1.53. The summed E-state index contributed by atoms with van der Waals surface area (Å²) >= 11 is 0. The Morgan fingerprint density at radius 3 is 3.00 bits per heavy atom. The summed E-state index contributed by atoms with van der Waals surface area (Å²) in [6, 6.07) is 0. The molecule has 0 bridgehead atoms. The molecule has 1 heterocycles. The highest BCUT2D eigenvalue weighted by molar-refractivity contribution is 5.87. The summed E-state index contributed by atoms with van der Waals surface area (Å²) < 4.78 is 4.76. The van der Waals surface area contributed by atoms with Gasteiger partial charge in [-0.25, -0.2) is 0 Å². The van der Waals surface area contributed by atoms with Gasteiger partial charge in [-0.2, -0.15) is 5.48 Å². The molecule has 0 spiro atoms. The molecule has 2 N–H and O–H groups in total. The molecule has 8 heavy (non-hydrogen) atoms. The van der Waals surface area contributed by atoms with Gasteiger partial charge in [-0.1, -0.05) is 0 Å². The molecule has 1 atom stereocenters. The average Bonchev–Trinajstić information content (AvgIpc) is 2.14. The molecule has 4 heteroatoms. The van der Waals surface area contributed by atoms with Crippen LogP contribution >= 0.6 is 0 Å². The minimum absolute atomic E-state index is 0.324. The van der Waals surface area contributed by atoms with Crippen LogP contribution in [0.15, 0.2) is 0 Å². The zero-order chi connectivity index (χ0) is 5.98. The van der Waals surface area contributed by atoms with Crippen LogP contribution in [0.25, 0.3) is 0 Å². The zero-order valence-electron chi connectivity index (χ0n) is 4.60. The van der Waals surface area contributed by atoms with Crippen molar-refractivity contribution in [3.63, 3.8) is 0 Å². The van der Waals surface area contributed by atoms with E-state index in [0.29, 0.717) is 12.3 Å². The van der Waals surface area contributed by atoms with E-state index in [1.54, 1.807) is 0 Å². The normalized spacial score (nSPS) is 29.1. The number of hydrogen-bond donors (Lipinski definition) is 2. The number of ether oxygens (including phenoxy) is 1. The fraction of sp³-hybridized carbons (Fsp3) is 0.750. The third kappa shape index (κ3) is 0.861. The van der Waals surface area contributed by atoms with Crippen molar-refractivity contribution >= 4 is 5.71 Å². The van der Waals surface area contributed by atoms with Crippen molar-refractivity contribution in [1.29, 1.82) is 5.41 Å². The van der Waals surface area contributed by atoms with Gasteiger partial charge in [-0.15, -0.1) is 0 Å². The van der Waals surface area contributed by atoms with Crippen LogP contribution in [-0.2, 0) is 9.57 Å². The number of hydrogen-bond acceptors (Lipinski definition) is 4. The van der Waals surface area contributed by atoms with E-state index in [4.69, 9.17) is 10.1 Å². The summed E-state index contributed by atoms with van der Waals surface area (Å²) in [5, 5.41) is 7.09. The third-order valence-corrected chi connectivity index (χ3v) is 0.970. The van der Waals surface area contributed by atoms with Crippen LogP contribution in [0.1, 0.15) is 0 Å². The highest BCUT2D eigenvalue weighted by atomic mass is 16.7. The van der Waals surface area contributed by atoms with E-state index in [1.165, 1.54) is 7.11 Å². The number of methoxy groups -OCH3 is 1. The van der Waals surface area contributed by atoms with Gasteiger partial charge in [0.25, 0.3) is 0 Å². The first-order valence-corrected chi connectivity index (χ1v) is 2.32. The van der Waals surface area contributed by atoms with Gasteiger partial charge >= 0.3 is 0 Å². The number of nitrogens with one attached hydrogen (secondary N) is 2. The number of hydroxylamine groups is 1. The Balaban J connectivity index is 2.42. The van der Waals surface area contributed by atoms with E-state index in [-0.39, 0.29) is 6.23 Å². The van der Waals surface area contributed by atoms with Crippen molar-refractivity contribution < 1.29 is 9.57 Å². The minimum Gasteiger partial charge on any atom is -0.359 e. The van der Waals surface area contributed by atoms with E-state index in [2.05, 4.69) is 10.3 Å². The summed E-state index contributed by atoms with van der Waals surface area (Å²) in [5.41, 5.74) is 2.95. The average molecular weight is 116 g/mol. The maximum atomic E-state index is 7.09. The predicted molar refractivity (Wildman–Crippen MR) is 27.6 cm³/mol. The Kier molecular flexibility index (Phi) is 1.57. The first-order chi connectivity index (χ1) is 3.84. The molecule has 0 amide bonds. The van der Waals surface area contributed by atoms with Crippen LogP contribution in [0.5, 0.6) is 0 Å². The van der Waals surface area contributed by atoms with Crippen molar-refractivity contribution in [2.45, 2.75) is 6.23 Å². The van der Waals surface area contributed by atoms with Gasteiger partial charge in [0, 0.05) is 7.11 Å². The van der Waals surface area contributed by atoms with Crippen LogP contribution in [0.3, 0.4) is 0 Å². The molecular weight excluding hydrogens is 108 g/mol. The van der Waals surface area contributed by atoms with Crippen molar-refractivity contribution in [3.05, 3.63) is 0 Å². The molecule has 1 aliphatic heterocycles. The smallest absolute Gasteiger partial charge is 0.170 e. The molecule has 0 aromatic carbocycles. The molecule has 1 unspecified atom stereocenters. The zero-order valence-corrected chi connectivity index (χ0v) is 4.60. The Morgan fingerprint density at radius 2 is 2.75 bits per heavy atom. The highest BCUT2D eigenvalue weighted by Gasteiger charge is 2.19. The van der Waals surface area contributed by atoms with Crippen molar-refractivity contribution in [2.24, 2.45) is 0 Å². The lowest BCUT2D eigenvalue weighted by Gasteiger charge is -2.02. The van der Waals surface area contributed by atoms with Gasteiger partial charge in [0.15, 0.2) is 6.23 Å². The molecule has 0 radical (unpaired) electrons. The first-order valence-electron chi connectivity index (χ1n) is 2.32. The lowest BCUT2D eigenvalue weighted by molar-refractivity contribution is 0.00601. The van der Waals surface area contributed by atoms with Crippen LogP contribution in [-0.4, -0.2) is 25.7 Å². The van der Waals surface area contributed by atoms with Gasteiger partial charge in [-0.05, 0) is 0 Å². The van der Waals surface area contributed by atoms with Crippen LogP contribution < -0.4 is 5.48 Å². The predicted octanol–water partition coefficient (Wildman–Crippen LogP) is -0.487. The van der Waals surface area contributed by atoms with Gasteiger partial charge in [-0.3, -0.25) is 4.84 Å². The van der Waals surface area contributed by atoms with E-state index in [9.17, 15) is 0 Å². The molecule has 4 nitrogen and oxygen atoms in total.